The minimum absolute atomic E-state index is 0.101. The molecule has 0 bridgehead atoms. The first-order valence-corrected chi connectivity index (χ1v) is 5.97. The summed E-state index contributed by atoms with van der Waals surface area (Å²) in [4.78, 5) is 13.4. The summed E-state index contributed by atoms with van der Waals surface area (Å²) in [6, 6.07) is 2.02. The topological polar surface area (TPSA) is 53.3 Å². The third-order valence-electron chi connectivity index (χ3n) is 3.05. The van der Waals surface area contributed by atoms with Crippen LogP contribution in [0.15, 0.2) is 0 Å². The van der Waals surface area contributed by atoms with Gasteiger partial charge in [0.2, 0.25) is 5.91 Å². The van der Waals surface area contributed by atoms with Gasteiger partial charge >= 0.3 is 0 Å². The highest BCUT2D eigenvalue weighted by atomic mass is 16.5. The van der Waals surface area contributed by atoms with Gasteiger partial charge in [0.05, 0.1) is 12.2 Å². The van der Waals surface area contributed by atoms with Crippen LogP contribution in [0.25, 0.3) is 0 Å². The molecule has 0 unspecified atom stereocenters. The molecule has 4 heteroatoms. The highest BCUT2D eigenvalue weighted by Crippen LogP contribution is 2.33. The van der Waals surface area contributed by atoms with Crippen molar-refractivity contribution in [2.45, 2.75) is 39.2 Å². The van der Waals surface area contributed by atoms with E-state index in [9.17, 15) is 4.79 Å². The largest absolute Gasteiger partial charge is 0.378 e. The van der Waals surface area contributed by atoms with E-state index in [1.165, 1.54) is 0 Å². The molecule has 4 nitrogen and oxygen atoms in total. The molecule has 0 heterocycles. The first kappa shape index (κ1) is 13.0. The molecule has 1 saturated carbocycles. The predicted molar refractivity (Wildman–Crippen MR) is 60.6 cm³/mol. The van der Waals surface area contributed by atoms with Crippen molar-refractivity contribution in [2.75, 3.05) is 19.7 Å². The summed E-state index contributed by atoms with van der Waals surface area (Å²) in [5.41, 5.74) is 0. The second kappa shape index (κ2) is 6.49. The molecule has 0 aliphatic heterocycles. The van der Waals surface area contributed by atoms with E-state index in [1.807, 2.05) is 19.9 Å². The molecule has 1 aliphatic carbocycles. The van der Waals surface area contributed by atoms with Gasteiger partial charge in [-0.15, -0.1) is 0 Å². The van der Waals surface area contributed by atoms with E-state index >= 15 is 0 Å². The van der Waals surface area contributed by atoms with Gasteiger partial charge < -0.3 is 9.64 Å². The Labute approximate surface area is 97.2 Å². The molecule has 90 valence electrons. The lowest BCUT2D eigenvalue weighted by Gasteiger charge is -2.35. The summed E-state index contributed by atoms with van der Waals surface area (Å²) in [5, 5.41) is 8.57. The third-order valence-corrected chi connectivity index (χ3v) is 3.05. The second-order valence-corrected chi connectivity index (χ2v) is 4.18. The molecule has 0 aromatic heterocycles. The average Bonchev–Trinajstić information content (AvgIpc) is 2.22. The molecule has 1 amide bonds. The van der Waals surface area contributed by atoms with Crippen LogP contribution in [-0.2, 0) is 9.53 Å². The average molecular weight is 224 g/mol. The maximum Gasteiger partial charge on any atom is 0.223 e. The summed E-state index contributed by atoms with van der Waals surface area (Å²) >= 11 is 0. The van der Waals surface area contributed by atoms with Gasteiger partial charge in [0.15, 0.2) is 0 Å². The minimum Gasteiger partial charge on any atom is -0.378 e. The van der Waals surface area contributed by atoms with Gasteiger partial charge in [-0.05, 0) is 32.6 Å². The quantitative estimate of drug-likeness (QED) is 0.643. The van der Waals surface area contributed by atoms with Gasteiger partial charge in [0.25, 0.3) is 0 Å². The van der Waals surface area contributed by atoms with E-state index in [0.717, 1.165) is 19.4 Å². The van der Waals surface area contributed by atoms with Crippen LogP contribution >= 0.6 is 0 Å². The number of nitrogens with zero attached hydrogens (tertiary/aromatic N) is 2. The third kappa shape index (κ3) is 3.49. The fourth-order valence-corrected chi connectivity index (χ4v) is 2.05. The van der Waals surface area contributed by atoms with Crippen molar-refractivity contribution in [3.63, 3.8) is 0 Å². The van der Waals surface area contributed by atoms with Crippen LogP contribution in [0.1, 0.15) is 33.1 Å². The molecule has 0 N–H and O–H groups in total. The van der Waals surface area contributed by atoms with Crippen molar-refractivity contribution in [2.24, 2.45) is 5.92 Å². The zero-order chi connectivity index (χ0) is 12.0. The second-order valence-electron chi connectivity index (χ2n) is 4.18. The van der Waals surface area contributed by atoms with Crippen molar-refractivity contribution >= 4 is 5.91 Å². The first-order chi connectivity index (χ1) is 7.71. The molecule has 0 spiro atoms. The summed E-state index contributed by atoms with van der Waals surface area (Å²) in [7, 11) is 0. The van der Waals surface area contributed by atoms with Crippen LogP contribution in [0.2, 0.25) is 0 Å². The molecule has 0 radical (unpaired) electrons. The van der Waals surface area contributed by atoms with Crippen molar-refractivity contribution in [1.29, 1.82) is 5.26 Å². The normalized spacial score (nSPS) is 23.3. The lowest BCUT2D eigenvalue weighted by atomic mass is 9.79. The molecule has 0 aromatic rings. The van der Waals surface area contributed by atoms with Crippen LogP contribution in [0, 0.1) is 17.2 Å². The molecule has 0 saturated heterocycles. The van der Waals surface area contributed by atoms with E-state index in [4.69, 9.17) is 10.00 Å². The zero-order valence-electron chi connectivity index (χ0n) is 10.1. The van der Waals surface area contributed by atoms with E-state index in [2.05, 4.69) is 0 Å². The Bertz CT molecular complexity index is 267. The number of carbonyl (C=O) groups excluding carboxylic acids is 1. The highest BCUT2D eigenvalue weighted by molar-refractivity contribution is 5.76. The molecule has 1 fully saturated rings. The Morgan fingerprint density at radius 2 is 2.19 bits per heavy atom. The van der Waals surface area contributed by atoms with Gasteiger partial charge in [-0.1, -0.05) is 0 Å². The molecule has 1 rings (SSSR count). The van der Waals surface area contributed by atoms with Gasteiger partial charge in [0, 0.05) is 19.6 Å². The number of hydrogen-bond acceptors (Lipinski definition) is 3. The van der Waals surface area contributed by atoms with Crippen LogP contribution < -0.4 is 0 Å². The van der Waals surface area contributed by atoms with E-state index in [-0.39, 0.29) is 12.5 Å². The van der Waals surface area contributed by atoms with Crippen molar-refractivity contribution in [3.8, 4) is 6.07 Å². The standard InChI is InChI=1S/C12H20N2O2/c1-3-14(6-5-13)12(15)9-10-7-11(8-10)16-4-2/h10-11H,3-4,6-9H2,1-2H3. The lowest BCUT2D eigenvalue weighted by molar-refractivity contribution is -0.133. The van der Waals surface area contributed by atoms with Crippen LogP contribution in [-0.4, -0.2) is 36.6 Å². The number of ether oxygens (including phenoxy) is 1. The predicted octanol–water partition coefficient (Wildman–Crippen LogP) is 1.56. The van der Waals surface area contributed by atoms with Crippen molar-refractivity contribution < 1.29 is 9.53 Å². The summed E-state index contributed by atoms with van der Waals surface area (Å²) in [6.45, 7) is 5.47. The smallest absolute Gasteiger partial charge is 0.223 e. The van der Waals surface area contributed by atoms with Crippen LogP contribution in [0.4, 0.5) is 0 Å². The van der Waals surface area contributed by atoms with E-state index in [1.54, 1.807) is 4.90 Å². The van der Waals surface area contributed by atoms with Gasteiger partial charge in [-0.25, -0.2) is 0 Å². The first-order valence-electron chi connectivity index (χ1n) is 5.97. The maximum atomic E-state index is 11.8. The monoisotopic (exact) mass is 224 g/mol. The number of nitriles is 1. The molecular weight excluding hydrogens is 204 g/mol. The highest BCUT2D eigenvalue weighted by Gasteiger charge is 2.31. The molecular formula is C12H20N2O2. The summed E-state index contributed by atoms with van der Waals surface area (Å²) < 4.78 is 5.45. The Balaban J connectivity index is 2.23. The fraction of sp³-hybridized carbons (Fsp3) is 0.833. The molecule has 16 heavy (non-hydrogen) atoms. The van der Waals surface area contributed by atoms with Crippen molar-refractivity contribution in [3.05, 3.63) is 0 Å². The van der Waals surface area contributed by atoms with Gasteiger partial charge in [0.1, 0.15) is 6.54 Å². The van der Waals surface area contributed by atoms with Crippen LogP contribution in [0.5, 0.6) is 0 Å². The Morgan fingerprint density at radius 3 is 2.69 bits per heavy atom. The number of rotatable bonds is 6. The lowest BCUT2D eigenvalue weighted by Crippen LogP contribution is -2.38. The Morgan fingerprint density at radius 1 is 1.50 bits per heavy atom. The minimum atomic E-state index is 0.101. The summed E-state index contributed by atoms with van der Waals surface area (Å²) in [6.07, 6.45) is 2.90. The van der Waals surface area contributed by atoms with E-state index in [0.29, 0.717) is 25.0 Å². The molecule has 0 atom stereocenters. The zero-order valence-corrected chi connectivity index (χ0v) is 10.1. The van der Waals surface area contributed by atoms with Crippen LogP contribution in [0.3, 0.4) is 0 Å². The van der Waals surface area contributed by atoms with Gasteiger partial charge in [-0.3, -0.25) is 4.79 Å². The Hall–Kier alpha value is -1.08. The number of hydrogen-bond donors (Lipinski definition) is 0. The number of carbonyl (C=O) groups is 1. The summed E-state index contributed by atoms with van der Waals surface area (Å²) in [5.74, 6) is 0.556. The van der Waals surface area contributed by atoms with Crippen molar-refractivity contribution in [1.82, 2.24) is 4.90 Å². The fourth-order valence-electron chi connectivity index (χ4n) is 2.05. The van der Waals surface area contributed by atoms with Gasteiger partial charge in [-0.2, -0.15) is 5.26 Å². The SMILES string of the molecule is CCOC1CC(CC(=O)N(CC)CC#N)C1. The molecule has 0 aromatic carbocycles. The number of amides is 1. The molecule has 1 aliphatic rings. The Kier molecular flexibility index (Phi) is 5.27. The maximum absolute atomic E-state index is 11.8. The van der Waals surface area contributed by atoms with E-state index < -0.39 is 0 Å².